The number of aromatic nitrogens is 2. The molecule has 6 heteroatoms. The minimum Gasteiger partial charge on any atom is -0.454 e. The van der Waals surface area contributed by atoms with Crippen molar-refractivity contribution in [2.45, 2.75) is 51.2 Å². The summed E-state index contributed by atoms with van der Waals surface area (Å²) >= 11 is 0. The highest BCUT2D eigenvalue weighted by Crippen LogP contribution is 2.40. The number of fused-ring (bicyclic) bond motifs is 4. The van der Waals surface area contributed by atoms with Crippen LogP contribution in [0, 0.1) is 18.8 Å². The van der Waals surface area contributed by atoms with E-state index < -0.39 is 0 Å². The second-order valence-electron chi connectivity index (χ2n) is 10.2. The number of hydrogen-bond donors (Lipinski definition) is 1. The van der Waals surface area contributed by atoms with E-state index in [-0.39, 0.29) is 18.0 Å². The minimum atomic E-state index is 0.0715. The van der Waals surface area contributed by atoms with E-state index in [0.717, 1.165) is 70.9 Å². The maximum Gasteiger partial charge on any atom is 0.254 e. The summed E-state index contributed by atoms with van der Waals surface area (Å²) in [6, 6.07) is 12.5. The van der Waals surface area contributed by atoms with Gasteiger partial charge >= 0.3 is 0 Å². The highest BCUT2D eigenvalue weighted by atomic mass is 16.3. The topological polar surface area (TPSA) is 77.3 Å². The lowest BCUT2D eigenvalue weighted by Gasteiger charge is -2.27. The Hall–Kier alpha value is -3.12. The maximum atomic E-state index is 13.3. The molecule has 3 fully saturated rings. The lowest BCUT2D eigenvalue weighted by atomic mass is 10.1. The Balaban J connectivity index is 1.30. The molecule has 2 unspecified atom stereocenters. The van der Waals surface area contributed by atoms with Crippen LogP contribution in [0.2, 0.25) is 0 Å². The van der Waals surface area contributed by atoms with Gasteiger partial charge in [-0.3, -0.25) is 4.79 Å². The summed E-state index contributed by atoms with van der Waals surface area (Å²) in [7, 11) is 0. The van der Waals surface area contributed by atoms with Crippen LogP contribution >= 0.6 is 0 Å². The molecule has 6 nitrogen and oxygen atoms in total. The Labute approximate surface area is 192 Å². The molecule has 0 radical (unpaired) electrons. The third kappa shape index (κ3) is 2.90. The molecule has 1 aromatic carbocycles. The quantitative estimate of drug-likeness (QED) is 0.498. The van der Waals surface area contributed by atoms with Crippen LogP contribution in [-0.4, -0.2) is 39.0 Å². The molecule has 2 aliphatic carbocycles. The van der Waals surface area contributed by atoms with Gasteiger partial charge in [0.2, 0.25) is 0 Å². The molecule has 33 heavy (non-hydrogen) atoms. The first-order chi connectivity index (χ1) is 16.1. The number of hydrogen-bond acceptors (Lipinski definition) is 4. The Kier molecular flexibility index (Phi) is 4.07. The van der Waals surface area contributed by atoms with E-state index in [1.54, 1.807) is 0 Å². The number of amides is 1. The lowest BCUT2D eigenvalue weighted by molar-refractivity contribution is 0.0700. The minimum absolute atomic E-state index is 0.0715. The third-order valence-corrected chi connectivity index (χ3v) is 8.13. The predicted molar refractivity (Wildman–Crippen MR) is 128 cm³/mol. The van der Waals surface area contributed by atoms with Gasteiger partial charge < -0.3 is 19.6 Å². The zero-order chi connectivity index (χ0) is 22.3. The van der Waals surface area contributed by atoms with Crippen LogP contribution in [0.25, 0.3) is 33.5 Å². The van der Waals surface area contributed by atoms with E-state index in [0.29, 0.717) is 11.5 Å². The van der Waals surface area contributed by atoms with Crippen molar-refractivity contribution in [2.75, 3.05) is 6.54 Å². The molecular formula is C27H28N4O2. The second-order valence-corrected chi connectivity index (χ2v) is 10.2. The van der Waals surface area contributed by atoms with Crippen molar-refractivity contribution in [2.24, 2.45) is 17.6 Å². The summed E-state index contributed by atoms with van der Waals surface area (Å²) < 4.78 is 8.76. The van der Waals surface area contributed by atoms with E-state index in [2.05, 4.69) is 28.6 Å². The highest BCUT2D eigenvalue weighted by Gasteiger charge is 2.46. The SMILES string of the molecule is Cc1c(-c2cc3cccnc3n2CC2CC2)oc2cc(C(=O)N3CC4CCC3[C@@H]4N)ccc12. The summed E-state index contributed by atoms with van der Waals surface area (Å²) in [5.41, 5.74) is 11.0. The van der Waals surface area contributed by atoms with Crippen LogP contribution in [0.15, 0.2) is 47.0 Å². The Morgan fingerprint density at radius 2 is 2.06 bits per heavy atom. The molecule has 3 aliphatic rings. The zero-order valence-corrected chi connectivity index (χ0v) is 18.8. The number of benzene rings is 1. The van der Waals surface area contributed by atoms with Crippen LogP contribution in [0.4, 0.5) is 0 Å². The van der Waals surface area contributed by atoms with Crippen molar-refractivity contribution in [1.82, 2.24) is 14.5 Å². The normalized spacial score (nSPS) is 24.4. The Morgan fingerprint density at radius 1 is 1.18 bits per heavy atom. The number of likely N-dealkylation sites (tertiary alicyclic amines) is 1. The van der Waals surface area contributed by atoms with Gasteiger partial charge in [-0.15, -0.1) is 0 Å². The molecule has 4 heterocycles. The van der Waals surface area contributed by atoms with Crippen LogP contribution in [0.3, 0.4) is 0 Å². The molecule has 168 valence electrons. The van der Waals surface area contributed by atoms with Crippen LogP contribution in [-0.2, 0) is 6.54 Å². The first kappa shape index (κ1) is 19.4. The van der Waals surface area contributed by atoms with Crippen LogP contribution in [0.1, 0.15) is 41.6 Å². The molecule has 2 N–H and O–H groups in total. The predicted octanol–water partition coefficient (Wildman–Crippen LogP) is 4.73. The van der Waals surface area contributed by atoms with Crippen molar-refractivity contribution in [3.8, 4) is 11.5 Å². The van der Waals surface area contributed by atoms with E-state index in [4.69, 9.17) is 10.2 Å². The number of nitrogens with two attached hydrogens (primary N) is 1. The number of carbonyl (C=O) groups is 1. The van der Waals surface area contributed by atoms with Crippen molar-refractivity contribution >= 4 is 27.9 Å². The van der Waals surface area contributed by atoms with E-state index >= 15 is 0 Å². The van der Waals surface area contributed by atoms with Gasteiger partial charge in [0.15, 0.2) is 5.76 Å². The summed E-state index contributed by atoms with van der Waals surface area (Å²) in [4.78, 5) is 19.9. The fourth-order valence-corrected chi connectivity index (χ4v) is 6.07. The van der Waals surface area contributed by atoms with Crippen molar-refractivity contribution in [3.05, 3.63) is 53.7 Å². The molecule has 4 aromatic rings. The molecule has 2 saturated carbocycles. The van der Waals surface area contributed by atoms with Crippen molar-refractivity contribution in [3.63, 3.8) is 0 Å². The number of rotatable bonds is 4. The van der Waals surface area contributed by atoms with Gasteiger partial charge in [-0.05, 0) is 74.8 Å². The smallest absolute Gasteiger partial charge is 0.254 e. The summed E-state index contributed by atoms with van der Waals surface area (Å²) in [6.45, 7) is 3.85. The van der Waals surface area contributed by atoms with E-state index in [1.807, 2.05) is 35.4 Å². The van der Waals surface area contributed by atoms with Crippen LogP contribution in [0.5, 0.6) is 0 Å². The lowest BCUT2D eigenvalue weighted by Crippen LogP contribution is -2.41. The van der Waals surface area contributed by atoms with Crippen LogP contribution < -0.4 is 5.73 Å². The van der Waals surface area contributed by atoms with E-state index in [9.17, 15) is 4.79 Å². The molecule has 0 spiro atoms. The van der Waals surface area contributed by atoms with Gasteiger partial charge in [-0.25, -0.2) is 4.98 Å². The summed E-state index contributed by atoms with van der Waals surface area (Å²) in [6.07, 6.45) is 6.56. The molecule has 3 atom stereocenters. The fourth-order valence-electron chi connectivity index (χ4n) is 6.07. The van der Waals surface area contributed by atoms with Gasteiger partial charge in [0.1, 0.15) is 11.2 Å². The van der Waals surface area contributed by atoms with Crippen molar-refractivity contribution < 1.29 is 9.21 Å². The monoisotopic (exact) mass is 440 g/mol. The largest absolute Gasteiger partial charge is 0.454 e. The zero-order valence-electron chi connectivity index (χ0n) is 18.8. The molecule has 7 rings (SSSR count). The summed E-state index contributed by atoms with van der Waals surface area (Å²) in [5.74, 6) is 2.11. The number of carbonyl (C=O) groups excluding carboxylic acids is 1. The number of nitrogens with zero attached hydrogens (tertiary/aromatic N) is 3. The average molecular weight is 441 g/mol. The summed E-state index contributed by atoms with van der Waals surface area (Å²) in [5, 5.41) is 2.18. The van der Waals surface area contributed by atoms with Gasteiger partial charge in [0.05, 0.1) is 5.69 Å². The Bertz CT molecular complexity index is 1410. The average Bonchev–Trinajstić information content (AvgIpc) is 3.24. The number of aryl methyl sites for hydroxylation is 1. The second kappa shape index (κ2) is 6.94. The molecule has 2 bridgehead atoms. The number of pyridine rings is 1. The fraction of sp³-hybridized carbons (Fsp3) is 0.407. The molecule has 1 aliphatic heterocycles. The van der Waals surface area contributed by atoms with Gasteiger partial charge in [0, 0.05) is 53.3 Å². The first-order valence-corrected chi connectivity index (χ1v) is 12.1. The standard InChI is InChI=1S/C27H28N4O2/c1-15-20-8-6-18(27(32)31-14-19-7-9-21(31)24(19)28)12-23(20)33-25(15)22-11-17-3-2-10-29-26(17)30(22)13-16-4-5-16/h2-3,6,8,10-12,16,19,21,24H,4-5,7,9,13-14,28H2,1H3/t19?,21?,24-/m1/s1. The van der Waals surface area contributed by atoms with Gasteiger partial charge in [-0.2, -0.15) is 0 Å². The first-order valence-electron chi connectivity index (χ1n) is 12.1. The molecular weight excluding hydrogens is 412 g/mol. The molecule has 3 aromatic heterocycles. The molecule has 1 saturated heterocycles. The Morgan fingerprint density at radius 3 is 2.82 bits per heavy atom. The van der Waals surface area contributed by atoms with Crippen molar-refractivity contribution in [1.29, 1.82) is 0 Å². The maximum absolute atomic E-state index is 13.3. The van der Waals surface area contributed by atoms with Gasteiger partial charge in [0.25, 0.3) is 5.91 Å². The molecule has 1 amide bonds. The van der Waals surface area contributed by atoms with Gasteiger partial charge in [-0.1, -0.05) is 6.07 Å². The van der Waals surface area contributed by atoms with E-state index in [1.165, 1.54) is 12.8 Å². The third-order valence-electron chi connectivity index (χ3n) is 8.13. The number of furan rings is 1. The number of piperidine rings is 1. The highest BCUT2D eigenvalue weighted by molar-refractivity contribution is 5.99.